The summed E-state index contributed by atoms with van der Waals surface area (Å²) in [6, 6.07) is 11.6. The predicted molar refractivity (Wildman–Crippen MR) is 95.2 cm³/mol. The summed E-state index contributed by atoms with van der Waals surface area (Å²) in [5.74, 6) is 0.607. The first-order valence-corrected chi connectivity index (χ1v) is 8.99. The van der Waals surface area contributed by atoms with Gasteiger partial charge in [-0.15, -0.1) is 5.10 Å². The number of aromatic nitrogens is 4. The molecule has 0 spiro atoms. The van der Waals surface area contributed by atoms with Gasteiger partial charge in [0.1, 0.15) is 5.82 Å². The largest absolute Gasteiger partial charge is 0.454 e. The Bertz CT molecular complexity index is 981. The average molecular weight is 387 g/mol. The molecule has 27 heavy (non-hydrogen) atoms. The summed E-state index contributed by atoms with van der Waals surface area (Å²) in [6.07, 6.45) is 0. The number of nitrogens with one attached hydrogen (secondary N) is 1. The average Bonchev–Trinajstić information content (AvgIpc) is 3.31. The maximum atomic E-state index is 13.6. The number of thioether (sulfide) groups is 1. The Labute approximate surface area is 157 Å². The number of halogens is 1. The van der Waals surface area contributed by atoms with Crippen LogP contribution >= 0.6 is 11.8 Å². The zero-order valence-corrected chi connectivity index (χ0v) is 14.8. The number of hydrogen-bond acceptors (Lipinski definition) is 7. The Morgan fingerprint density at radius 2 is 2.07 bits per heavy atom. The van der Waals surface area contributed by atoms with E-state index in [4.69, 9.17) is 9.47 Å². The van der Waals surface area contributed by atoms with Crippen molar-refractivity contribution < 1.29 is 18.7 Å². The first-order valence-electron chi connectivity index (χ1n) is 8.01. The lowest BCUT2D eigenvalue weighted by Gasteiger charge is -2.07. The Balaban J connectivity index is 1.37. The molecule has 0 saturated heterocycles. The van der Waals surface area contributed by atoms with Crippen molar-refractivity contribution >= 4 is 23.4 Å². The molecule has 1 N–H and O–H groups in total. The number of hydrogen-bond donors (Lipinski definition) is 1. The van der Waals surface area contributed by atoms with Crippen LogP contribution in [0.5, 0.6) is 11.5 Å². The van der Waals surface area contributed by atoms with Crippen molar-refractivity contribution in [2.24, 2.45) is 0 Å². The van der Waals surface area contributed by atoms with Crippen LogP contribution in [0.25, 0.3) is 0 Å². The van der Waals surface area contributed by atoms with Crippen LogP contribution in [-0.4, -0.2) is 38.7 Å². The second-order valence-corrected chi connectivity index (χ2v) is 6.57. The lowest BCUT2D eigenvalue weighted by atomic mass is 10.2. The van der Waals surface area contributed by atoms with Gasteiger partial charge in [-0.05, 0) is 40.3 Å². The number of ether oxygens (including phenoxy) is 2. The molecule has 0 atom stereocenters. The number of carbonyl (C=O) groups excluding carboxylic acids is 1. The van der Waals surface area contributed by atoms with Gasteiger partial charge in [0.15, 0.2) is 11.5 Å². The van der Waals surface area contributed by atoms with Crippen molar-refractivity contribution in [3.63, 3.8) is 0 Å². The van der Waals surface area contributed by atoms with E-state index >= 15 is 0 Å². The quantitative estimate of drug-likeness (QED) is 0.649. The fraction of sp³-hybridized carbons (Fsp3) is 0.176. The maximum absolute atomic E-state index is 13.6. The van der Waals surface area contributed by atoms with Crippen LogP contribution in [0.1, 0.15) is 5.56 Å². The molecule has 0 unspecified atom stereocenters. The molecule has 1 aliphatic rings. The molecule has 0 radical (unpaired) electrons. The Kier molecular flexibility index (Phi) is 4.88. The summed E-state index contributed by atoms with van der Waals surface area (Å²) >= 11 is 1.17. The van der Waals surface area contributed by atoms with Crippen molar-refractivity contribution in [1.29, 1.82) is 0 Å². The summed E-state index contributed by atoms with van der Waals surface area (Å²) in [4.78, 5) is 12.1. The van der Waals surface area contributed by atoms with Crippen molar-refractivity contribution in [3.05, 3.63) is 53.8 Å². The molecule has 1 amide bonds. The van der Waals surface area contributed by atoms with Crippen molar-refractivity contribution in [3.8, 4) is 11.5 Å². The zero-order chi connectivity index (χ0) is 18.6. The van der Waals surface area contributed by atoms with Crippen LogP contribution in [0.2, 0.25) is 0 Å². The highest BCUT2D eigenvalue weighted by Gasteiger charge is 2.15. The SMILES string of the molecule is O=C(CSc1nnnn1Cc1ccc2c(c1)OCO2)Nc1ccccc1F. The highest BCUT2D eigenvalue weighted by Crippen LogP contribution is 2.32. The summed E-state index contributed by atoms with van der Waals surface area (Å²) in [6.45, 7) is 0.628. The van der Waals surface area contributed by atoms with Gasteiger partial charge in [0.25, 0.3) is 0 Å². The molecule has 0 saturated carbocycles. The summed E-state index contributed by atoms with van der Waals surface area (Å²) < 4.78 is 25.8. The number of tetrazole rings is 1. The molecule has 0 aliphatic carbocycles. The minimum atomic E-state index is -0.483. The van der Waals surface area contributed by atoms with Gasteiger partial charge in [-0.1, -0.05) is 30.0 Å². The van der Waals surface area contributed by atoms with E-state index in [1.54, 1.807) is 16.8 Å². The number of para-hydroxylation sites is 1. The highest BCUT2D eigenvalue weighted by molar-refractivity contribution is 7.99. The van der Waals surface area contributed by atoms with Crippen LogP contribution in [-0.2, 0) is 11.3 Å². The van der Waals surface area contributed by atoms with Crippen LogP contribution in [0, 0.1) is 5.82 Å². The van der Waals surface area contributed by atoms with Gasteiger partial charge >= 0.3 is 0 Å². The van der Waals surface area contributed by atoms with E-state index in [2.05, 4.69) is 20.8 Å². The normalized spacial score (nSPS) is 12.2. The predicted octanol–water partition coefficient (Wildman–Crippen LogP) is 2.32. The van der Waals surface area contributed by atoms with E-state index in [9.17, 15) is 9.18 Å². The van der Waals surface area contributed by atoms with E-state index in [1.807, 2.05) is 18.2 Å². The number of nitrogens with zero attached hydrogens (tertiary/aromatic N) is 4. The number of amides is 1. The van der Waals surface area contributed by atoms with Crippen molar-refractivity contribution in [2.45, 2.75) is 11.7 Å². The van der Waals surface area contributed by atoms with Gasteiger partial charge in [-0.2, -0.15) is 0 Å². The van der Waals surface area contributed by atoms with Crippen LogP contribution < -0.4 is 14.8 Å². The van der Waals surface area contributed by atoms with Gasteiger partial charge in [-0.3, -0.25) is 4.79 Å². The number of fused-ring (bicyclic) bond motifs is 1. The summed E-state index contributed by atoms with van der Waals surface area (Å²) in [5.41, 5.74) is 1.08. The second kappa shape index (κ2) is 7.62. The molecule has 1 aliphatic heterocycles. The Hall–Kier alpha value is -3.14. The Morgan fingerprint density at radius 3 is 2.96 bits per heavy atom. The molecule has 8 nitrogen and oxygen atoms in total. The molecule has 2 aromatic carbocycles. The minimum Gasteiger partial charge on any atom is -0.454 e. The third-order valence-electron chi connectivity index (χ3n) is 3.75. The van der Waals surface area contributed by atoms with E-state index in [-0.39, 0.29) is 24.1 Å². The molecule has 1 aromatic heterocycles. The molecular formula is C17H14FN5O3S. The lowest BCUT2D eigenvalue weighted by molar-refractivity contribution is -0.113. The van der Waals surface area contributed by atoms with Gasteiger partial charge in [0.05, 0.1) is 18.0 Å². The van der Waals surface area contributed by atoms with E-state index in [0.717, 1.165) is 5.56 Å². The number of rotatable bonds is 6. The molecule has 0 fully saturated rings. The molecule has 2 heterocycles. The van der Waals surface area contributed by atoms with Crippen LogP contribution in [0.15, 0.2) is 47.6 Å². The molecule has 0 bridgehead atoms. The summed E-state index contributed by atoms with van der Waals surface area (Å²) in [7, 11) is 0. The van der Waals surface area contributed by atoms with E-state index in [0.29, 0.717) is 23.2 Å². The first kappa shape index (κ1) is 17.3. The third-order valence-corrected chi connectivity index (χ3v) is 4.71. The van der Waals surface area contributed by atoms with Gasteiger partial charge in [0, 0.05) is 0 Å². The van der Waals surface area contributed by atoms with E-state index in [1.165, 1.54) is 23.9 Å². The molecule has 4 rings (SSSR count). The first-order chi connectivity index (χ1) is 13.2. The standard InChI is InChI=1S/C17H14FN5O3S/c18-12-3-1-2-4-13(12)19-16(24)9-27-17-20-21-22-23(17)8-11-5-6-14-15(7-11)26-10-25-14/h1-7H,8-10H2,(H,19,24). The molecule has 3 aromatic rings. The number of carbonyl (C=O) groups is 1. The molecule has 138 valence electrons. The molecular weight excluding hydrogens is 373 g/mol. The van der Waals surface area contributed by atoms with Crippen molar-refractivity contribution in [1.82, 2.24) is 20.2 Å². The minimum absolute atomic E-state index is 0.0514. The third kappa shape index (κ3) is 4.00. The highest BCUT2D eigenvalue weighted by atomic mass is 32.2. The van der Waals surface area contributed by atoms with Gasteiger partial charge < -0.3 is 14.8 Å². The van der Waals surface area contributed by atoms with Crippen LogP contribution in [0.3, 0.4) is 0 Å². The fourth-order valence-corrected chi connectivity index (χ4v) is 3.17. The maximum Gasteiger partial charge on any atom is 0.234 e. The number of benzene rings is 2. The zero-order valence-electron chi connectivity index (χ0n) is 14.0. The second-order valence-electron chi connectivity index (χ2n) is 5.62. The topological polar surface area (TPSA) is 91.2 Å². The Morgan fingerprint density at radius 1 is 1.22 bits per heavy atom. The fourth-order valence-electron chi connectivity index (χ4n) is 2.49. The van der Waals surface area contributed by atoms with Gasteiger partial charge in [-0.25, -0.2) is 9.07 Å². The molecule has 10 heteroatoms. The van der Waals surface area contributed by atoms with Gasteiger partial charge in [0.2, 0.25) is 17.9 Å². The van der Waals surface area contributed by atoms with Crippen LogP contribution in [0.4, 0.5) is 10.1 Å². The monoisotopic (exact) mass is 387 g/mol. The number of anilines is 1. The smallest absolute Gasteiger partial charge is 0.234 e. The van der Waals surface area contributed by atoms with E-state index < -0.39 is 5.82 Å². The lowest BCUT2D eigenvalue weighted by Crippen LogP contribution is -2.15. The summed E-state index contributed by atoms with van der Waals surface area (Å²) in [5, 5.41) is 14.6. The van der Waals surface area contributed by atoms with Crippen molar-refractivity contribution in [2.75, 3.05) is 17.9 Å².